The van der Waals surface area contributed by atoms with Crippen molar-refractivity contribution in [3.05, 3.63) is 48.6 Å². The van der Waals surface area contributed by atoms with Gasteiger partial charge in [0.25, 0.3) is 5.91 Å². The fourth-order valence-corrected chi connectivity index (χ4v) is 2.70. The van der Waals surface area contributed by atoms with Crippen LogP contribution in [0.2, 0.25) is 0 Å². The van der Waals surface area contributed by atoms with Gasteiger partial charge in [-0.05, 0) is 11.0 Å². The van der Waals surface area contributed by atoms with Gasteiger partial charge in [-0.2, -0.15) is 0 Å². The average Bonchev–Trinajstić information content (AvgIpc) is 2.40. The molecule has 1 fully saturated rings. The first-order chi connectivity index (χ1) is 9.45. The third-order valence-electron chi connectivity index (χ3n) is 3.63. The number of hydrogen-bond acceptors (Lipinski definition) is 2. The molecule has 0 aliphatic carbocycles. The summed E-state index contributed by atoms with van der Waals surface area (Å²) in [5, 5.41) is 0. The summed E-state index contributed by atoms with van der Waals surface area (Å²) in [5.74, 6) is 0.0701. The number of benzene rings is 1. The van der Waals surface area contributed by atoms with Crippen LogP contribution in [0.15, 0.2) is 43.0 Å². The molecule has 2 atom stereocenters. The maximum atomic E-state index is 12.2. The average molecular weight is 273 g/mol. The van der Waals surface area contributed by atoms with Gasteiger partial charge in [-0.3, -0.25) is 4.79 Å². The molecule has 0 unspecified atom stereocenters. The Balaban J connectivity index is 2.03. The van der Waals surface area contributed by atoms with Crippen molar-refractivity contribution >= 4 is 5.91 Å². The van der Waals surface area contributed by atoms with Crippen LogP contribution in [0.4, 0.5) is 0 Å². The van der Waals surface area contributed by atoms with E-state index in [4.69, 9.17) is 4.74 Å². The number of nitrogens with zero attached hydrogens (tertiary/aromatic N) is 1. The monoisotopic (exact) mass is 273 g/mol. The lowest BCUT2D eigenvalue weighted by Crippen LogP contribution is -2.69. The summed E-state index contributed by atoms with van der Waals surface area (Å²) in [6.07, 6.45) is 1.43. The van der Waals surface area contributed by atoms with Crippen molar-refractivity contribution in [2.75, 3.05) is 6.54 Å². The molecule has 1 heterocycles. The van der Waals surface area contributed by atoms with E-state index in [0.717, 1.165) is 5.56 Å². The molecule has 0 N–H and O–H groups in total. The Morgan fingerprint density at radius 3 is 2.50 bits per heavy atom. The standard InChI is InChI=1S/C17H23NO2/c1-5-11-18-15(17(2,3)4)14(16(18)19)20-12-13-9-7-6-8-10-13/h5-10,14-15H,1,11-12H2,2-4H3/t14-,15-/m0/s1. The summed E-state index contributed by atoms with van der Waals surface area (Å²) < 4.78 is 5.87. The van der Waals surface area contributed by atoms with Crippen LogP contribution in [0.25, 0.3) is 0 Å². The fourth-order valence-electron chi connectivity index (χ4n) is 2.70. The number of likely N-dealkylation sites (tertiary alicyclic amines) is 1. The third kappa shape index (κ3) is 2.93. The molecule has 1 amide bonds. The van der Waals surface area contributed by atoms with Gasteiger partial charge in [-0.15, -0.1) is 6.58 Å². The van der Waals surface area contributed by atoms with E-state index in [1.807, 2.05) is 35.2 Å². The first-order valence-corrected chi connectivity index (χ1v) is 7.02. The molecule has 0 radical (unpaired) electrons. The van der Waals surface area contributed by atoms with Gasteiger partial charge < -0.3 is 9.64 Å². The van der Waals surface area contributed by atoms with Crippen molar-refractivity contribution < 1.29 is 9.53 Å². The second-order valence-corrected chi connectivity index (χ2v) is 6.31. The van der Waals surface area contributed by atoms with Gasteiger partial charge in [0, 0.05) is 6.54 Å². The van der Waals surface area contributed by atoms with Crippen LogP contribution in [0.1, 0.15) is 26.3 Å². The Morgan fingerprint density at radius 1 is 1.30 bits per heavy atom. The first kappa shape index (κ1) is 14.8. The fraction of sp³-hybridized carbons (Fsp3) is 0.471. The summed E-state index contributed by atoms with van der Waals surface area (Å²) in [6.45, 7) is 11.2. The minimum atomic E-state index is -0.338. The molecule has 108 valence electrons. The van der Waals surface area contributed by atoms with Crippen molar-refractivity contribution in [3.63, 3.8) is 0 Å². The number of rotatable bonds is 5. The van der Waals surface area contributed by atoms with Gasteiger partial charge in [-0.25, -0.2) is 0 Å². The Kier molecular flexibility index (Phi) is 4.29. The van der Waals surface area contributed by atoms with Crippen LogP contribution in [-0.2, 0) is 16.1 Å². The van der Waals surface area contributed by atoms with Crippen molar-refractivity contribution in [1.82, 2.24) is 4.90 Å². The smallest absolute Gasteiger partial charge is 0.254 e. The summed E-state index contributed by atoms with van der Waals surface area (Å²) in [7, 11) is 0. The van der Waals surface area contributed by atoms with Gasteiger partial charge in [0.05, 0.1) is 12.6 Å². The van der Waals surface area contributed by atoms with Crippen molar-refractivity contribution in [1.29, 1.82) is 0 Å². The lowest BCUT2D eigenvalue weighted by molar-refractivity contribution is -0.185. The van der Waals surface area contributed by atoms with Crippen LogP contribution in [0.3, 0.4) is 0 Å². The van der Waals surface area contributed by atoms with E-state index >= 15 is 0 Å². The molecule has 0 aromatic heterocycles. The maximum Gasteiger partial charge on any atom is 0.254 e. The topological polar surface area (TPSA) is 29.5 Å². The summed E-state index contributed by atoms with van der Waals surface area (Å²) in [6, 6.07) is 10.1. The number of hydrogen-bond donors (Lipinski definition) is 0. The Labute approximate surface area is 121 Å². The minimum absolute atomic E-state index is 0.00171. The second-order valence-electron chi connectivity index (χ2n) is 6.31. The van der Waals surface area contributed by atoms with Gasteiger partial charge in [0.2, 0.25) is 0 Å². The van der Waals surface area contributed by atoms with Crippen molar-refractivity contribution in [2.45, 2.75) is 39.5 Å². The molecule has 1 aliphatic rings. The lowest BCUT2D eigenvalue weighted by Gasteiger charge is -2.52. The quantitative estimate of drug-likeness (QED) is 0.609. The SMILES string of the molecule is C=CCN1C(=O)[C@@H](OCc2ccccc2)[C@H]1C(C)(C)C. The first-order valence-electron chi connectivity index (χ1n) is 7.02. The third-order valence-corrected chi connectivity index (χ3v) is 3.63. The van der Waals surface area contributed by atoms with E-state index in [1.54, 1.807) is 6.08 Å². The summed E-state index contributed by atoms with van der Waals surface area (Å²) in [5.41, 5.74) is 1.09. The molecule has 1 aromatic rings. The highest BCUT2D eigenvalue weighted by atomic mass is 16.5. The highest BCUT2D eigenvalue weighted by Crippen LogP contribution is 2.37. The van der Waals surface area contributed by atoms with Gasteiger partial charge in [0.15, 0.2) is 6.10 Å². The van der Waals surface area contributed by atoms with E-state index in [1.165, 1.54) is 0 Å². The van der Waals surface area contributed by atoms with Crippen LogP contribution in [-0.4, -0.2) is 29.5 Å². The van der Waals surface area contributed by atoms with Crippen LogP contribution >= 0.6 is 0 Å². The highest BCUT2D eigenvalue weighted by Gasteiger charge is 2.52. The molecule has 3 nitrogen and oxygen atoms in total. The van der Waals surface area contributed by atoms with E-state index in [-0.39, 0.29) is 23.5 Å². The van der Waals surface area contributed by atoms with Gasteiger partial charge >= 0.3 is 0 Å². The van der Waals surface area contributed by atoms with Crippen LogP contribution in [0, 0.1) is 5.41 Å². The van der Waals surface area contributed by atoms with E-state index < -0.39 is 0 Å². The number of carbonyl (C=O) groups excluding carboxylic acids is 1. The minimum Gasteiger partial charge on any atom is -0.361 e. The Bertz CT molecular complexity index is 476. The van der Waals surface area contributed by atoms with Crippen LogP contribution in [0.5, 0.6) is 0 Å². The molecule has 2 rings (SSSR count). The molecular formula is C17H23NO2. The zero-order valence-corrected chi connectivity index (χ0v) is 12.5. The number of amides is 1. The molecule has 3 heteroatoms. The zero-order chi connectivity index (χ0) is 14.8. The predicted octanol–water partition coefficient (Wildman–Crippen LogP) is 3.01. The molecule has 1 aromatic carbocycles. The molecular weight excluding hydrogens is 250 g/mol. The molecule has 0 saturated carbocycles. The summed E-state index contributed by atoms with van der Waals surface area (Å²) >= 11 is 0. The van der Waals surface area contributed by atoms with Gasteiger partial charge in [-0.1, -0.05) is 57.2 Å². The van der Waals surface area contributed by atoms with E-state index in [2.05, 4.69) is 27.4 Å². The molecule has 1 saturated heterocycles. The highest BCUT2D eigenvalue weighted by molar-refractivity contribution is 5.88. The largest absolute Gasteiger partial charge is 0.361 e. The Hall–Kier alpha value is -1.61. The van der Waals surface area contributed by atoms with Crippen molar-refractivity contribution in [2.24, 2.45) is 5.41 Å². The Morgan fingerprint density at radius 2 is 1.95 bits per heavy atom. The lowest BCUT2D eigenvalue weighted by atomic mass is 9.76. The molecule has 0 spiro atoms. The van der Waals surface area contributed by atoms with Gasteiger partial charge in [0.1, 0.15) is 0 Å². The summed E-state index contributed by atoms with van der Waals surface area (Å²) in [4.78, 5) is 14.0. The molecule has 20 heavy (non-hydrogen) atoms. The normalized spacial score (nSPS) is 22.6. The molecule has 1 aliphatic heterocycles. The zero-order valence-electron chi connectivity index (χ0n) is 12.5. The van der Waals surface area contributed by atoms with Crippen molar-refractivity contribution in [3.8, 4) is 0 Å². The van der Waals surface area contributed by atoms with E-state index in [0.29, 0.717) is 13.2 Å². The number of carbonyl (C=O) groups is 1. The van der Waals surface area contributed by atoms with E-state index in [9.17, 15) is 4.79 Å². The predicted molar refractivity (Wildman–Crippen MR) is 80.2 cm³/mol. The second kappa shape index (κ2) is 5.80. The number of β-lactam (4-membered cyclic amide) rings is 1. The van der Waals surface area contributed by atoms with Crippen LogP contribution < -0.4 is 0 Å². The molecule has 0 bridgehead atoms. The number of ether oxygens (including phenoxy) is 1. The maximum absolute atomic E-state index is 12.2.